The molecule has 3 heteroatoms. The van der Waals surface area contributed by atoms with Crippen molar-refractivity contribution in [3.63, 3.8) is 0 Å². The molecule has 0 aromatic heterocycles. The molecule has 0 aromatic carbocycles. The summed E-state index contributed by atoms with van der Waals surface area (Å²) < 4.78 is 0. The van der Waals surface area contributed by atoms with Crippen LogP contribution >= 0.6 is 0 Å². The predicted octanol–water partition coefficient (Wildman–Crippen LogP) is 2.53. The van der Waals surface area contributed by atoms with Crippen LogP contribution in [0.25, 0.3) is 0 Å². The molecule has 0 spiro atoms. The Morgan fingerprint density at radius 2 is 2.06 bits per heavy atom. The lowest BCUT2D eigenvalue weighted by atomic mass is 9.40. The van der Waals surface area contributed by atoms with Gasteiger partial charge in [0.05, 0.1) is 16.9 Å². The third kappa shape index (κ3) is 1.10. The van der Waals surface area contributed by atoms with E-state index in [9.17, 15) is 15.2 Å². The first kappa shape index (κ1) is 10.1. The molecular formula is C13H16NO2. The molecule has 4 rings (SSSR count). The summed E-state index contributed by atoms with van der Waals surface area (Å²) in [6, 6.07) is 2.43. The molecule has 1 radical (unpaired) electrons. The molecule has 3 nitrogen and oxygen atoms in total. The van der Waals surface area contributed by atoms with Gasteiger partial charge in [-0.3, -0.25) is 4.79 Å². The van der Waals surface area contributed by atoms with Crippen molar-refractivity contribution in [1.82, 2.24) is 0 Å². The number of nitriles is 1. The molecule has 4 fully saturated rings. The molecular weight excluding hydrogens is 202 g/mol. The lowest BCUT2D eigenvalue weighted by Crippen LogP contribution is -2.57. The fourth-order valence-electron chi connectivity index (χ4n) is 4.94. The van der Waals surface area contributed by atoms with E-state index in [2.05, 4.69) is 13.0 Å². The Morgan fingerprint density at radius 3 is 2.62 bits per heavy atom. The molecule has 4 bridgehead atoms. The smallest absolute Gasteiger partial charge is 0.309 e. The molecule has 4 aliphatic rings. The van der Waals surface area contributed by atoms with Gasteiger partial charge in [-0.25, -0.2) is 0 Å². The van der Waals surface area contributed by atoms with Crippen molar-refractivity contribution >= 4 is 5.97 Å². The Kier molecular flexibility index (Phi) is 1.65. The van der Waals surface area contributed by atoms with Crippen LogP contribution < -0.4 is 0 Å². The number of rotatable bonds is 1. The Balaban J connectivity index is 2.09. The van der Waals surface area contributed by atoms with E-state index >= 15 is 0 Å². The largest absolute Gasteiger partial charge is 0.481 e. The Labute approximate surface area is 95.4 Å². The monoisotopic (exact) mass is 218 g/mol. The maximum Gasteiger partial charge on any atom is 0.309 e. The molecule has 3 unspecified atom stereocenters. The van der Waals surface area contributed by atoms with Crippen LogP contribution in [-0.4, -0.2) is 11.1 Å². The minimum Gasteiger partial charge on any atom is -0.481 e. The van der Waals surface area contributed by atoms with Crippen LogP contribution in [0.4, 0.5) is 0 Å². The van der Waals surface area contributed by atoms with Gasteiger partial charge in [0.1, 0.15) is 0 Å². The summed E-state index contributed by atoms with van der Waals surface area (Å²) in [4.78, 5) is 11.5. The molecule has 3 atom stereocenters. The lowest BCUT2D eigenvalue weighted by Gasteiger charge is -2.62. The van der Waals surface area contributed by atoms with E-state index in [1.165, 1.54) is 5.92 Å². The van der Waals surface area contributed by atoms with Crippen LogP contribution in [0.15, 0.2) is 0 Å². The van der Waals surface area contributed by atoms with Crippen molar-refractivity contribution in [3.05, 3.63) is 5.92 Å². The first-order valence-electron chi connectivity index (χ1n) is 5.89. The zero-order chi connectivity index (χ0) is 11.6. The molecule has 1 N–H and O–H groups in total. The minimum atomic E-state index is -0.685. The summed E-state index contributed by atoms with van der Waals surface area (Å²) in [5, 5.41) is 18.9. The number of carboxylic acid groups (broad SMARTS) is 1. The van der Waals surface area contributed by atoms with Crippen LogP contribution in [0.1, 0.15) is 45.4 Å². The van der Waals surface area contributed by atoms with Crippen molar-refractivity contribution in [3.8, 4) is 6.07 Å². The first-order valence-corrected chi connectivity index (χ1v) is 5.89. The topological polar surface area (TPSA) is 61.1 Å². The highest BCUT2D eigenvalue weighted by molar-refractivity contribution is 5.76. The number of aliphatic carboxylic acids is 1. The standard InChI is InChI=1S/C13H16NO2/c1-11-2-9-3-12(5-11,8-14)7-13(4-9,6-11)10(15)16/h2-7H2,1H3,(H,15,16). The molecule has 0 amide bonds. The van der Waals surface area contributed by atoms with E-state index in [1.54, 1.807) is 0 Å². The van der Waals surface area contributed by atoms with Crippen LogP contribution in [0.2, 0.25) is 0 Å². The van der Waals surface area contributed by atoms with Crippen LogP contribution in [-0.2, 0) is 4.79 Å². The number of nitrogens with zero attached hydrogens (tertiary/aromatic N) is 1. The second kappa shape index (κ2) is 2.61. The fourth-order valence-corrected chi connectivity index (χ4v) is 4.94. The predicted molar refractivity (Wildman–Crippen MR) is 57.2 cm³/mol. The molecule has 4 aliphatic carbocycles. The maximum absolute atomic E-state index is 11.5. The molecule has 0 aromatic rings. The van der Waals surface area contributed by atoms with Crippen LogP contribution in [0.3, 0.4) is 0 Å². The summed E-state index contributed by atoms with van der Waals surface area (Å²) in [5.41, 5.74) is -0.913. The summed E-state index contributed by atoms with van der Waals surface area (Å²) in [7, 11) is 0. The second-order valence-corrected chi connectivity index (χ2v) is 6.60. The van der Waals surface area contributed by atoms with Gasteiger partial charge < -0.3 is 5.11 Å². The third-order valence-corrected chi connectivity index (χ3v) is 4.75. The molecule has 85 valence electrons. The number of carbonyl (C=O) groups is 1. The van der Waals surface area contributed by atoms with Gasteiger partial charge in [0.15, 0.2) is 0 Å². The van der Waals surface area contributed by atoms with Crippen molar-refractivity contribution in [2.45, 2.75) is 45.4 Å². The minimum absolute atomic E-state index is 0.0677. The Morgan fingerprint density at radius 1 is 1.31 bits per heavy atom. The summed E-state index contributed by atoms with van der Waals surface area (Å²) in [6.45, 7) is 2.16. The number of hydrogen-bond donors (Lipinski definition) is 1. The van der Waals surface area contributed by atoms with Crippen molar-refractivity contribution in [2.24, 2.45) is 16.2 Å². The van der Waals surface area contributed by atoms with Gasteiger partial charge in [-0.1, -0.05) is 6.92 Å². The van der Waals surface area contributed by atoms with Gasteiger partial charge in [0.25, 0.3) is 0 Å². The van der Waals surface area contributed by atoms with E-state index in [1.807, 2.05) is 0 Å². The SMILES string of the molecule is CC12C[C]3CC(C#N)(C1)CC(C(=O)O)(C3)C2. The third-order valence-electron chi connectivity index (χ3n) is 4.75. The molecule has 0 saturated heterocycles. The van der Waals surface area contributed by atoms with Gasteiger partial charge in [0, 0.05) is 0 Å². The zero-order valence-electron chi connectivity index (χ0n) is 9.55. The Hall–Kier alpha value is -1.04. The van der Waals surface area contributed by atoms with Crippen molar-refractivity contribution in [1.29, 1.82) is 5.26 Å². The van der Waals surface area contributed by atoms with E-state index in [0.29, 0.717) is 6.42 Å². The zero-order valence-corrected chi connectivity index (χ0v) is 9.55. The highest BCUT2D eigenvalue weighted by Crippen LogP contribution is 2.70. The molecule has 16 heavy (non-hydrogen) atoms. The Bertz CT molecular complexity index is 413. The number of carboxylic acids is 1. The van der Waals surface area contributed by atoms with Gasteiger partial charge in [0.2, 0.25) is 0 Å². The quantitative estimate of drug-likeness (QED) is 0.735. The summed E-state index contributed by atoms with van der Waals surface area (Å²) >= 11 is 0. The van der Waals surface area contributed by atoms with Gasteiger partial charge in [-0.2, -0.15) is 5.26 Å². The lowest BCUT2D eigenvalue weighted by molar-refractivity contribution is -0.167. The normalized spacial score (nSPS) is 50.2. The molecule has 0 aliphatic heterocycles. The van der Waals surface area contributed by atoms with E-state index in [4.69, 9.17) is 0 Å². The van der Waals surface area contributed by atoms with Crippen molar-refractivity contribution in [2.75, 3.05) is 0 Å². The maximum atomic E-state index is 11.5. The van der Waals surface area contributed by atoms with Gasteiger partial charge >= 0.3 is 5.97 Å². The highest BCUT2D eigenvalue weighted by Gasteiger charge is 2.65. The first-order chi connectivity index (χ1) is 7.41. The second-order valence-electron chi connectivity index (χ2n) is 6.60. The van der Waals surface area contributed by atoms with E-state index in [0.717, 1.165) is 32.1 Å². The molecule has 4 saturated carbocycles. The van der Waals surface area contributed by atoms with Crippen LogP contribution in [0.5, 0.6) is 0 Å². The number of hydrogen-bond acceptors (Lipinski definition) is 2. The average Bonchev–Trinajstić information content (AvgIpc) is 2.13. The van der Waals surface area contributed by atoms with E-state index < -0.39 is 11.4 Å². The summed E-state index contributed by atoms with van der Waals surface area (Å²) in [6.07, 6.45) is 4.86. The summed E-state index contributed by atoms with van der Waals surface area (Å²) in [5.74, 6) is 0.644. The van der Waals surface area contributed by atoms with E-state index in [-0.39, 0.29) is 10.8 Å². The highest BCUT2D eigenvalue weighted by atomic mass is 16.4. The average molecular weight is 218 g/mol. The van der Waals surface area contributed by atoms with Gasteiger partial charge in [-0.05, 0) is 49.9 Å². The fraction of sp³-hybridized carbons (Fsp3) is 0.769. The van der Waals surface area contributed by atoms with Crippen molar-refractivity contribution < 1.29 is 9.90 Å². The van der Waals surface area contributed by atoms with Crippen LogP contribution in [0, 0.1) is 33.5 Å². The molecule has 0 heterocycles. The van der Waals surface area contributed by atoms with Gasteiger partial charge in [-0.15, -0.1) is 0 Å².